The number of thiophene rings is 2. The van der Waals surface area contributed by atoms with Gasteiger partial charge in [0.25, 0.3) is 0 Å². The monoisotopic (exact) mass is 410 g/mol. The number of rotatable bonds is 12. The minimum atomic E-state index is 1.22. The van der Waals surface area contributed by atoms with Gasteiger partial charge in [-0.25, -0.2) is 0 Å². The molecule has 0 unspecified atom stereocenters. The third-order valence-corrected chi connectivity index (χ3v) is 7.43. The minimum Gasteiger partial charge on any atom is -0.144 e. The highest BCUT2D eigenvalue weighted by Gasteiger charge is 2.11. The van der Waals surface area contributed by atoms with E-state index in [1.807, 2.05) is 22.7 Å². The molecule has 3 rings (SSSR count). The van der Waals surface area contributed by atoms with Gasteiger partial charge < -0.3 is 0 Å². The molecule has 0 spiro atoms. The predicted octanol–water partition coefficient (Wildman–Crippen LogP) is 9.39. The van der Waals surface area contributed by atoms with Crippen LogP contribution < -0.4 is 0 Å². The van der Waals surface area contributed by atoms with E-state index in [1.54, 1.807) is 0 Å². The van der Waals surface area contributed by atoms with Gasteiger partial charge in [0.2, 0.25) is 0 Å². The molecule has 0 fully saturated rings. The van der Waals surface area contributed by atoms with E-state index < -0.39 is 0 Å². The Hall–Kier alpha value is -1.38. The lowest BCUT2D eigenvalue weighted by atomic mass is 10.0. The SMILES string of the molecule is CCCCCCc1csc(-c2ccccc2-c2cc(CCCCCC)cs2)c1. The summed E-state index contributed by atoms with van der Waals surface area (Å²) in [6.07, 6.45) is 13.1. The highest BCUT2D eigenvalue weighted by molar-refractivity contribution is 7.14. The summed E-state index contributed by atoms with van der Waals surface area (Å²) in [5, 5.41) is 4.73. The van der Waals surface area contributed by atoms with Gasteiger partial charge in [-0.15, -0.1) is 22.7 Å². The number of aryl methyl sites for hydroxylation is 2. The van der Waals surface area contributed by atoms with Crippen LogP contribution in [-0.2, 0) is 12.8 Å². The summed E-state index contributed by atoms with van der Waals surface area (Å²) in [5.74, 6) is 0. The zero-order valence-corrected chi connectivity index (χ0v) is 19.1. The van der Waals surface area contributed by atoms with E-state index >= 15 is 0 Å². The first-order valence-electron chi connectivity index (χ1n) is 11.1. The summed E-state index contributed by atoms with van der Waals surface area (Å²) in [5.41, 5.74) is 5.81. The minimum absolute atomic E-state index is 1.22. The molecule has 2 heterocycles. The Morgan fingerprint density at radius 3 is 1.50 bits per heavy atom. The van der Waals surface area contributed by atoms with Gasteiger partial charge in [-0.1, -0.05) is 76.6 Å². The van der Waals surface area contributed by atoms with Gasteiger partial charge in [0.15, 0.2) is 0 Å². The number of benzene rings is 1. The lowest BCUT2D eigenvalue weighted by Crippen LogP contribution is -1.84. The molecular weight excluding hydrogens is 376 g/mol. The van der Waals surface area contributed by atoms with Crippen molar-refractivity contribution in [2.75, 3.05) is 0 Å². The smallest absolute Gasteiger partial charge is 0.0352 e. The topological polar surface area (TPSA) is 0 Å². The average molecular weight is 411 g/mol. The van der Waals surface area contributed by atoms with Crippen LogP contribution in [0.15, 0.2) is 47.2 Å². The molecule has 0 aliphatic heterocycles. The summed E-state index contributed by atoms with van der Waals surface area (Å²) < 4.78 is 0. The highest BCUT2D eigenvalue weighted by Crippen LogP contribution is 2.38. The maximum atomic E-state index is 2.43. The van der Waals surface area contributed by atoms with E-state index in [0.29, 0.717) is 0 Å². The average Bonchev–Trinajstić information content (AvgIpc) is 3.38. The van der Waals surface area contributed by atoms with Gasteiger partial charge >= 0.3 is 0 Å². The van der Waals surface area contributed by atoms with Crippen LogP contribution >= 0.6 is 22.7 Å². The zero-order chi connectivity index (χ0) is 19.6. The van der Waals surface area contributed by atoms with E-state index in [2.05, 4.69) is 61.0 Å². The lowest BCUT2D eigenvalue weighted by Gasteiger charge is -2.06. The predicted molar refractivity (Wildman–Crippen MR) is 129 cm³/mol. The highest BCUT2D eigenvalue weighted by atomic mass is 32.1. The van der Waals surface area contributed by atoms with Gasteiger partial charge in [-0.3, -0.25) is 0 Å². The molecule has 0 aliphatic rings. The molecule has 0 bridgehead atoms. The van der Waals surface area contributed by atoms with Crippen molar-refractivity contribution in [2.24, 2.45) is 0 Å². The van der Waals surface area contributed by atoms with E-state index in [9.17, 15) is 0 Å². The summed E-state index contributed by atoms with van der Waals surface area (Å²) in [6.45, 7) is 4.56. The Labute approximate surface area is 179 Å². The third kappa shape index (κ3) is 6.06. The fourth-order valence-electron chi connectivity index (χ4n) is 3.72. The Morgan fingerprint density at radius 2 is 1.07 bits per heavy atom. The molecule has 0 nitrogen and oxygen atoms in total. The molecule has 3 aromatic rings. The molecule has 0 aliphatic carbocycles. The second-order valence-electron chi connectivity index (χ2n) is 7.81. The fraction of sp³-hybridized carbons (Fsp3) is 0.462. The Kier molecular flexibility index (Phi) is 8.82. The first-order chi connectivity index (χ1) is 13.8. The molecule has 0 amide bonds. The fourth-order valence-corrected chi connectivity index (χ4v) is 5.70. The Bertz CT molecular complexity index is 755. The zero-order valence-electron chi connectivity index (χ0n) is 17.5. The standard InChI is InChI=1S/C26H34S2/c1-3-5-7-9-13-21-17-25(27-19-21)23-15-11-12-16-24(23)26-18-22(20-28-26)14-10-8-6-4-2/h11-12,15-20H,3-10,13-14H2,1-2H3. The molecule has 0 saturated heterocycles. The molecule has 0 atom stereocenters. The molecule has 2 heteroatoms. The van der Waals surface area contributed by atoms with Gasteiger partial charge in [-0.05, 0) is 59.7 Å². The Morgan fingerprint density at radius 1 is 0.607 bits per heavy atom. The Balaban J connectivity index is 1.70. The van der Waals surface area contributed by atoms with Crippen molar-refractivity contribution in [3.63, 3.8) is 0 Å². The molecule has 150 valence electrons. The van der Waals surface area contributed by atoms with Crippen molar-refractivity contribution in [1.29, 1.82) is 0 Å². The second kappa shape index (κ2) is 11.6. The molecule has 2 aromatic heterocycles. The van der Waals surface area contributed by atoms with Crippen molar-refractivity contribution < 1.29 is 0 Å². The maximum Gasteiger partial charge on any atom is 0.0352 e. The van der Waals surface area contributed by atoms with E-state index in [0.717, 1.165) is 0 Å². The van der Waals surface area contributed by atoms with Crippen molar-refractivity contribution >= 4 is 22.7 Å². The first-order valence-corrected chi connectivity index (χ1v) is 12.8. The van der Waals surface area contributed by atoms with Crippen LogP contribution in [0.4, 0.5) is 0 Å². The van der Waals surface area contributed by atoms with E-state index in [4.69, 9.17) is 0 Å². The molecule has 0 radical (unpaired) electrons. The molecule has 1 aromatic carbocycles. The van der Waals surface area contributed by atoms with Crippen LogP contribution in [-0.4, -0.2) is 0 Å². The first kappa shape index (κ1) is 21.3. The molecular formula is C26H34S2. The normalized spacial score (nSPS) is 11.2. The third-order valence-electron chi connectivity index (χ3n) is 5.40. The molecule has 0 saturated carbocycles. The van der Waals surface area contributed by atoms with Crippen molar-refractivity contribution in [3.8, 4) is 20.9 Å². The van der Waals surface area contributed by atoms with Crippen LogP contribution in [0, 0.1) is 0 Å². The summed E-state index contributed by atoms with van der Waals surface area (Å²) in [6, 6.07) is 13.8. The number of unbranched alkanes of at least 4 members (excludes halogenated alkanes) is 6. The molecule has 28 heavy (non-hydrogen) atoms. The summed E-state index contributed by atoms with van der Waals surface area (Å²) in [7, 11) is 0. The van der Waals surface area contributed by atoms with E-state index in [-0.39, 0.29) is 0 Å². The van der Waals surface area contributed by atoms with Crippen LogP contribution in [0.5, 0.6) is 0 Å². The second-order valence-corrected chi connectivity index (χ2v) is 9.63. The van der Waals surface area contributed by atoms with Gasteiger partial charge in [0.1, 0.15) is 0 Å². The van der Waals surface area contributed by atoms with Gasteiger partial charge in [-0.2, -0.15) is 0 Å². The number of hydrogen-bond acceptors (Lipinski definition) is 2. The lowest BCUT2D eigenvalue weighted by molar-refractivity contribution is 0.667. The quantitative estimate of drug-likeness (QED) is 0.261. The van der Waals surface area contributed by atoms with Gasteiger partial charge in [0, 0.05) is 20.9 Å². The molecule has 0 N–H and O–H groups in total. The van der Waals surface area contributed by atoms with Crippen molar-refractivity contribution in [2.45, 2.75) is 78.1 Å². The number of hydrogen-bond donors (Lipinski definition) is 0. The van der Waals surface area contributed by atoms with Crippen LogP contribution in [0.2, 0.25) is 0 Å². The van der Waals surface area contributed by atoms with E-state index in [1.165, 1.54) is 96.2 Å². The summed E-state index contributed by atoms with van der Waals surface area (Å²) >= 11 is 3.81. The summed E-state index contributed by atoms with van der Waals surface area (Å²) in [4.78, 5) is 2.83. The van der Waals surface area contributed by atoms with Gasteiger partial charge in [0.05, 0.1) is 0 Å². The largest absolute Gasteiger partial charge is 0.144 e. The van der Waals surface area contributed by atoms with Crippen molar-refractivity contribution in [1.82, 2.24) is 0 Å². The van der Waals surface area contributed by atoms with Crippen LogP contribution in [0.25, 0.3) is 20.9 Å². The van der Waals surface area contributed by atoms with Crippen LogP contribution in [0.1, 0.15) is 76.3 Å². The van der Waals surface area contributed by atoms with Crippen LogP contribution in [0.3, 0.4) is 0 Å². The van der Waals surface area contributed by atoms with Crippen molar-refractivity contribution in [3.05, 3.63) is 58.3 Å². The maximum absolute atomic E-state index is 2.43.